The van der Waals surface area contributed by atoms with Gasteiger partial charge in [-0.2, -0.15) is 9.97 Å². The van der Waals surface area contributed by atoms with Crippen LogP contribution in [0.4, 0.5) is 11.8 Å². The fourth-order valence-corrected chi connectivity index (χ4v) is 6.20. The molecule has 0 saturated heterocycles. The van der Waals surface area contributed by atoms with Gasteiger partial charge in [-0.05, 0) is 41.3 Å². The lowest BCUT2D eigenvalue weighted by molar-refractivity contribution is -0.118. The van der Waals surface area contributed by atoms with E-state index in [0.717, 1.165) is 16.7 Å². The summed E-state index contributed by atoms with van der Waals surface area (Å²) in [5.74, 6) is -0.0786. The summed E-state index contributed by atoms with van der Waals surface area (Å²) in [5.41, 5.74) is 9.57. The Hall–Kier alpha value is -4.64. The van der Waals surface area contributed by atoms with Gasteiger partial charge in [-0.1, -0.05) is 89.9 Å². The molecule has 0 radical (unpaired) electrons. The minimum absolute atomic E-state index is 0.130. The molecule has 5 rings (SSSR count). The number of anilines is 2. The number of nitrogens with one attached hydrogen (secondary N) is 1. The molecular weight excluding hydrogens is 649 g/mol. The Labute approximate surface area is 290 Å². The number of benzene rings is 3. The molecule has 12 heteroatoms. The lowest BCUT2D eigenvalue weighted by Gasteiger charge is -2.25. The first-order valence-corrected chi connectivity index (χ1v) is 16.3. The van der Waals surface area contributed by atoms with Crippen LogP contribution in [-0.2, 0) is 22.5 Å². The van der Waals surface area contributed by atoms with Crippen molar-refractivity contribution in [3.8, 4) is 0 Å². The lowest BCUT2D eigenvalue weighted by atomic mass is 9.91. The van der Waals surface area contributed by atoms with Crippen LogP contribution in [0.1, 0.15) is 33.1 Å². The zero-order valence-corrected chi connectivity index (χ0v) is 28.7. The summed E-state index contributed by atoms with van der Waals surface area (Å²) in [5, 5.41) is 4.94. The predicted molar refractivity (Wildman–Crippen MR) is 192 cm³/mol. The maximum Gasteiger partial charge on any atom is 0.271 e. The number of fused-ring (bicyclic) bond motifs is 1. The van der Waals surface area contributed by atoms with E-state index in [1.54, 1.807) is 19.2 Å². The molecule has 0 atom stereocenters. The Bertz CT molecular complexity index is 1830. The largest absolute Gasteiger partial charge is 0.383 e. The number of aromatic nitrogens is 3. The summed E-state index contributed by atoms with van der Waals surface area (Å²) in [6.45, 7) is 1.27. The van der Waals surface area contributed by atoms with Crippen LogP contribution in [0.2, 0.25) is 10.0 Å². The first-order chi connectivity index (χ1) is 23.2. The van der Waals surface area contributed by atoms with E-state index in [2.05, 4.69) is 29.6 Å². The summed E-state index contributed by atoms with van der Waals surface area (Å²) >= 11 is 12.6. The second-order valence-corrected chi connectivity index (χ2v) is 12.5. The number of nitrogens with two attached hydrogens (primary N) is 1. The quantitative estimate of drug-likeness (QED) is 0.132. The smallest absolute Gasteiger partial charge is 0.271 e. The Morgan fingerprint density at radius 1 is 0.958 bits per heavy atom. The van der Waals surface area contributed by atoms with Crippen LogP contribution < -0.4 is 16.0 Å². The van der Waals surface area contributed by atoms with E-state index in [1.165, 1.54) is 4.90 Å². The van der Waals surface area contributed by atoms with Gasteiger partial charge >= 0.3 is 0 Å². The number of halogens is 2. The second-order valence-electron chi connectivity index (χ2n) is 11.6. The van der Waals surface area contributed by atoms with Crippen molar-refractivity contribution < 1.29 is 14.3 Å². The normalized spacial score (nSPS) is 11.2. The standard InChI is InChI=1S/C36H39Cl2N7O3/c1-43(2)33-28-21-31(35(47)44(23-32(39)46)18-16-26-14-15-27(37)20-30(26)38)45(34(28)42-36(41-33)40-17-19-48-3)22-29(24-10-6-4-7-11-24)25-12-8-5-9-13-25/h4-15,20-21,29H,16-19,22-23H2,1-3H3,(H2,39,46)(H,40,41,42). The van der Waals surface area contributed by atoms with Crippen molar-refractivity contribution in [1.29, 1.82) is 0 Å². The molecule has 3 aromatic carbocycles. The third kappa shape index (κ3) is 8.25. The van der Waals surface area contributed by atoms with Crippen molar-refractivity contribution in [2.75, 3.05) is 57.7 Å². The number of hydrogen-bond donors (Lipinski definition) is 2. The number of nitrogens with zero attached hydrogens (tertiary/aromatic N) is 5. The number of carbonyl (C=O) groups excluding carboxylic acids is 2. The van der Waals surface area contributed by atoms with E-state index in [-0.39, 0.29) is 24.9 Å². The minimum Gasteiger partial charge on any atom is -0.383 e. The Morgan fingerprint density at radius 2 is 1.62 bits per heavy atom. The molecule has 48 heavy (non-hydrogen) atoms. The van der Waals surface area contributed by atoms with Crippen molar-refractivity contribution in [2.45, 2.75) is 18.9 Å². The Morgan fingerprint density at radius 3 is 2.21 bits per heavy atom. The molecule has 0 fully saturated rings. The Balaban J connectivity index is 1.66. The van der Waals surface area contributed by atoms with Gasteiger partial charge in [0.1, 0.15) is 17.2 Å². The summed E-state index contributed by atoms with van der Waals surface area (Å²) in [6.07, 6.45) is 0.391. The van der Waals surface area contributed by atoms with Gasteiger partial charge in [0.25, 0.3) is 5.91 Å². The highest BCUT2D eigenvalue weighted by molar-refractivity contribution is 6.35. The number of ether oxygens (including phenoxy) is 1. The van der Waals surface area contributed by atoms with Crippen LogP contribution in [0, 0.1) is 0 Å². The molecule has 0 bridgehead atoms. The van der Waals surface area contributed by atoms with Gasteiger partial charge in [-0.25, -0.2) is 0 Å². The van der Waals surface area contributed by atoms with Crippen molar-refractivity contribution >= 4 is 57.8 Å². The van der Waals surface area contributed by atoms with Gasteiger partial charge in [-0.3, -0.25) is 9.59 Å². The second kappa shape index (κ2) is 16.0. The molecule has 250 valence electrons. The van der Waals surface area contributed by atoms with E-state index in [1.807, 2.05) is 72.1 Å². The van der Waals surface area contributed by atoms with Gasteiger partial charge in [0, 0.05) is 56.8 Å². The van der Waals surface area contributed by atoms with E-state index < -0.39 is 5.91 Å². The van der Waals surface area contributed by atoms with Crippen LogP contribution in [0.25, 0.3) is 11.0 Å². The van der Waals surface area contributed by atoms with Crippen LogP contribution in [0.5, 0.6) is 0 Å². The molecule has 0 unspecified atom stereocenters. The van der Waals surface area contributed by atoms with Crippen molar-refractivity contribution in [1.82, 2.24) is 19.4 Å². The van der Waals surface area contributed by atoms with E-state index in [4.69, 9.17) is 43.6 Å². The van der Waals surface area contributed by atoms with Crippen LogP contribution in [0.3, 0.4) is 0 Å². The molecule has 5 aromatic rings. The highest BCUT2D eigenvalue weighted by atomic mass is 35.5. The molecule has 0 spiro atoms. The number of hydrogen-bond acceptors (Lipinski definition) is 7. The first-order valence-electron chi connectivity index (χ1n) is 15.6. The fraction of sp³-hybridized carbons (Fsp3) is 0.278. The SMILES string of the molecule is COCCNc1nc(N(C)C)c2cc(C(=O)N(CCc3ccc(Cl)cc3Cl)CC(N)=O)n(CC(c3ccccc3)c3ccccc3)c2n1. The van der Waals surface area contributed by atoms with E-state index >= 15 is 0 Å². The van der Waals surface area contributed by atoms with Crippen LogP contribution >= 0.6 is 23.2 Å². The summed E-state index contributed by atoms with van der Waals surface area (Å²) < 4.78 is 7.16. The zero-order valence-electron chi connectivity index (χ0n) is 27.2. The topological polar surface area (TPSA) is 119 Å². The molecule has 0 aliphatic carbocycles. The molecule has 2 heterocycles. The highest BCUT2D eigenvalue weighted by Gasteiger charge is 2.28. The molecular formula is C36H39Cl2N7O3. The molecule has 2 aromatic heterocycles. The predicted octanol–water partition coefficient (Wildman–Crippen LogP) is 5.86. The number of amides is 2. The molecule has 0 saturated carbocycles. The number of primary amides is 1. The van der Waals surface area contributed by atoms with Gasteiger partial charge in [0.15, 0.2) is 0 Å². The molecule has 3 N–H and O–H groups in total. The van der Waals surface area contributed by atoms with Gasteiger partial charge in [0.05, 0.1) is 18.5 Å². The van der Waals surface area contributed by atoms with Gasteiger partial charge in [-0.15, -0.1) is 0 Å². The summed E-state index contributed by atoms with van der Waals surface area (Å²) in [4.78, 5) is 40.0. The van der Waals surface area contributed by atoms with Gasteiger partial charge in [0.2, 0.25) is 11.9 Å². The zero-order chi connectivity index (χ0) is 34.2. The van der Waals surface area contributed by atoms with Crippen molar-refractivity contribution in [3.63, 3.8) is 0 Å². The number of carbonyl (C=O) groups is 2. The molecule has 2 amide bonds. The summed E-state index contributed by atoms with van der Waals surface area (Å²) in [6, 6.07) is 27.3. The van der Waals surface area contributed by atoms with Gasteiger partial charge < -0.3 is 30.2 Å². The first kappa shape index (κ1) is 34.7. The molecule has 10 nitrogen and oxygen atoms in total. The molecule has 0 aliphatic rings. The fourth-order valence-electron chi connectivity index (χ4n) is 5.70. The maximum atomic E-state index is 14.6. The van der Waals surface area contributed by atoms with E-state index in [9.17, 15) is 9.59 Å². The number of rotatable bonds is 15. The van der Waals surface area contributed by atoms with Crippen LogP contribution in [-0.4, -0.2) is 78.7 Å². The lowest BCUT2D eigenvalue weighted by Crippen LogP contribution is -2.40. The third-order valence-corrected chi connectivity index (χ3v) is 8.62. The Kier molecular flexibility index (Phi) is 11.5. The van der Waals surface area contributed by atoms with Crippen molar-refractivity contribution in [3.05, 3.63) is 117 Å². The summed E-state index contributed by atoms with van der Waals surface area (Å²) in [7, 11) is 5.42. The minimum atomic E-state index is -0.627. The van der Waals surface area contributed by atoms with Crippen LogP contribution in [0.15, 0.2) is 84.9 Å². The monoisotopic (exact) mass is 687 g/mol. The third-order valence-electron chi connectivity index (χ3n) is 8.03. The average molecular weight is 689 g/mol. The highest BCUT2D eigenvalue weighted by Crippen LogP contribution is 2.33. The maximum absolute atomic E-state index is 14.6. The van der Waals surface area contributed by atoms with Crippen molar-refractivity contribution in [2.24, 2.45) is 5.73 Å². The average Bonchev–Trinajstić information content (AvgIpc) is 3.44. The molecule has 0 aliphatic heterocycles. The van der Waals surface area contributed by atoms with E-state index in [0.29, 0.717) is 64.7 Å². The number of methoxy groups -OCH3 is 1.